The van der Waals surface area contributed by atoms with E-state index in [1.807, 2.05) is 11.0 Å². The molecule has 2 rings (SSSR count). The van der Waals surface area contributed by atoms with Gasteiger partial charge in [0.1, 0.15) is 12.3 Å². The average Bonchev–Trinajstić information content (AvgIpc) is 2.84. The van der Waals surface area contributed by atoms with E-state index in [0.29, 0.717) is 13.1 Å². The summed E-state index contributed by atoms with van der Waals surface area (Å²) in [7, 11) is 0. The second kappa shape index (κ2) is 18.6. The van der Waals surface area contributed by atoms with Gasteiger partial charge in [0.25, 0.3) is 0 Å². The van der Waals surface area contributed by atoms with Gasteiger partial charge in [0.15, 0.2) is 12.4 Å². The first-order chi connectivity index (χ1) is 16.5. The molecule has 0 aliphatic heterocycles. The first-order valence-corrected chi connectivity index (χ1v) is 13.5. The van der Waals surface area contributed by atoms with Crippen LogP contribution in [-0.2, 0) is 24.4 Å². The van der Waals surface area contributed by atoms with Crippen LogP contribution in [0.15, 0.2) is 42.7 Å². The van der Waals surface area contributed by atoms with Crippen LogP contribution < -0.4 is 33.3 Å². The smallest absolute Gasteiger partial charge is 0.220 e. The number of ether oxygens (including phenoxy) is 1. The predicted molar refractivity (Wildman–Crippen MR) is 141 cm³/mol. The van der Waals surface area contributed by atoms with Crippen molar-refractivity contribution in [3.05, 3.63) is 59.4 Å². The fourth-order valence-corrected chi connectivity index (χ4v) is 4.22. The Kier molecular flexibility index (Phi) is 16.7. The summed E-state index contributed by atoms with van der Waals surface area (Å²) < 4.78 is 8.13. The highest BCUT2D eigenvalue weighted by molar-refractivity contribution is 5.73. The summed E-state index contributed by atoms with van der Waals surface area (Å²) in [6.07, 6.45) is 17.5. The molecule has 4 nitrogen and oxygen atoms in total. The van der Waals surface area contributed by atoms with Crippen molar-refractivity contribution in [2.75, 3.05) is 6.61 Å². The first-order valence-electron chi connectivity index (χ1n) is 13.5. The Morgan fingerprint density at radius 2 is 1.46 bits per heavy atom. The number of benzene rings is 1. The lowest BCUT2D eigenvalue weighted by molar-refractivity contribution is -0.693. The van der Waals surface area contributed by atoms with E-state index in [2.05, 4.69) is 62.0 Å². The van der Waals surface area contributed by atoms with Crippen LogP contribution in [0.1, 0.15) is 102 Å². The maximum Gasteiger partial charge on any atom is 0.220 e. The lowest BCUT2D eigenvalue weighted by Gasteiger charge is -2.22. The highest BCUT2D eigenvalue weighted by Crippen LogP contribution is 2.20. The van der Waals surface area contributed by atoms with Gasteiger partial charge in [-0.15, -0.1) is 0 Å². The summed E-state index contributed by atoms with van der Waals surface area (Å²) >= 11 is 0. The minimum Gasteiger partial charge on any atom is -1.00 e. The number of hydrogen-bond donors (Lipinski definition) is 0. The van der Waals surface area contributed by atoms with Gasteiger partial charge in [-0.1, -0.05) is 70.8 Å². The van der Waals surface area contributed by atoms with Crippen molar-refractivity contribution in [1.29, 1.82) is 0 Å². The van der Waals surface area contributed by atoms with Crippen LogP contribution in [-0.4, -0.2) is 17.4 Å². The maximum atomic E-state index is 12.3. The Bertz CT molecular complexity index is 839. The molecule has 35 heavy (non-hydrogen) atoms. The summed E-state index contributed by atoms with van der Waals surface area (Å²) in [5.41, 5.74) is 3.48. The lowest BCUT2D eigenvalue weighted by atomic mass is 10.1. The van der Waals surface area contributed by atoms with Crippen molar-refractivity contribution < 1.29 is 38.1 Å². The van der Waals surface area contributed by atoms with Gasteiger partial charge in [0.2, 0.25) is 5.91 Å². The van der Waals surface area contributed by atoms with E-state index in [1.165, 1.54) is 68.9 Å². The van der Waals surface area contributed by atoms with Crippen LogP contribution >= 0.6 is 0 Å². The van der Waals surface area contributed by atoms with Crippen LogP contribution in [0.5, 0.6) is 5.75 Å². The molecule has 0 fully saturated rings. The quantitative estimate of drug-likeness (QED) is 0.157. The van der Waals surface area contributed by atoms with Gasteiger partial charge in [-0.3, -0.25) is 4.79 Å². The van der Waals surface area contributed by atoms with Crippen LogP contribution in [0.4, 0.5) is 0 Å². The number of pyridine rings is 1. The molecule has 0 saturated heterocycles. The number of unbranched alkanes of at least 4 members (excludes halogenated alkanes) is 9. The number of nitrogens with zero attached hydrogens (tertiary/aromatic N) is 2. The second-order valence-corrected chi connectivity index (χ2v) is 9.53. The van der Waals surface area contributed by atoms with E-state index in [-0.39, 0.29) is 29.9 Å². The number of carbonyl (C=O) groups excluding carboxylic acids is 1. The molecule has 2 aromatic rings. The molecule has 0 N–H and O–H groups in total. The molecule has 0 radical (unpaired) electrons. The molecule has 1 heterocycles. The normalized spacial score (nSPS) is 10.6. The van der Waals surface area contributed by atoms with Crippen LogP contribution in [0, 0.1) is 6.92 Å². The third-order valence-electron chi connectivity index (χ3n) is 6.59. The fourth-order valence-electron chi connectivity index (χ4n) is 4.22. The Hall–Kier alpha value is -1.63. The maximum absolute atomic E-state index is 12.3. The summed E-state index contributed by atoms with van der Waals surface area (Å²) in [6, 6.07) is 10.4. The standard InChI is InChI=1S/C30H47N2O2.HI/c1-5-7-8-9-10-11-12-13-14-15-22-34-30-17-16-29(26(3)23-30)25-32(27(4)33)24-28-18-20-31(6-2)21-19-28;/h16-21,23H,5-15,22,24-25H2,1-4H3;1H/q+1;/p-1. The van der Waals surface area contributed by atoms with Crippen molar-refractivity contribution in [3.8, 4) is 5.75 Å². The molecule has 0 unspecified atom stereocenters. The van der Waals surface area contributed by atoms with E-state index in [9.17, 15) is 4.79 Å². The second-order valence-electron chi connectivity index (χ2n) is 9.53. The molecular weight excluding hydrogens is 547 g/mol. The fraction of sp³-hybridized carbons (Fsp3) is 0.600. The Labute approximate surface area is 231 Å². The molecule has 0 aliphatic carbocycles. The molecule has 0 atom stereocenters. The van der Waals surface area contributed by atoms with Crippen molar-refractivity contribution in [3.63, 3.8) is 0 Å². The van der Waals surface area contributed by atoms with E-state index >= 15 is 0 Å². The third kappa shape index (κ3) is 12.8. The third-order valence-corrected chi connectivity index (χ3v) is 6.59. The van der Waals surface area contributed by atoms with Gasteiger partial charge < -0.3 is 33.6 Å². The summed E-state index contributed by atoms with van der Waals surface area (Å²) in [5.74, 6) is 1.02. The highest BCUT2D eigenvalue weighted by Gasteiger charge is 2.13. The number of rotatable bonds is 17. The number of carbonyl (C=O) groups is 1. The first kappa shape index (κ1) is 31.4. The summed E-state index contributed by atoms with van der Waals surface area (Å²) in [5, 5.41) is 0. The largest absolute Gasteiger partial charge is 1.00 e. The number of hydrogen-bond acceptors (Lipinski definition) is 2. The molecule has 0 aliphatic rings. The van der Waals surface area contributed by atoms with Crippen LogP contribution in [0.2, 0.25) is 0 Å². The SMILES string of the molecule is CCCCCCCCCCCCOc1ccc(CN(Cc2cc[n+](CC)cc2)C(C)=O)c(C)c1.[I-]. The monoisotopic (exact) mass is 594 g/mol. The van der Waals surface area contributed by atoms with Gasteiger partial charge in [-0.05, 0) is 49.1 Å². The Morgan fingerprint density at radius 1 is 0.857 bits per heavy atom. The number of halogens is 1. The van der Waals surface area contributed by atoms with E-state index in [4.69, 9.17) is 4.74 Å². The molecule has 1 amide bonds. The molecule has 1 aromatic heterocycles. The number of aryl methyl sites for hydroxylation is 2. The average molecular weight is 595 g/mol. The molecule has 0 bridgehead atoms. The van der Waals surface area contributed by atoms with Gasteiger partial charge in [-0.25, -0.2) is 4.57 Å². The van der Waals surface area contributed by atoms with Gasteiger partial charge in [-0.2, -0.15) is 0 Å². The van der Waals surface area contributed by atoms with Crippen LogP contribution in [0.3, 0.4) is 0 Å². The zero-order chi connectivity index (χ0) is 24.6. The zero-order valence-electron chi connectivity index (χ0n) is 22.5. The number of aromatic nitrogens is 1. The van der Waals surface area contributed by atoms with Gasteiger partial charge in [0, 0.05) is 32.1 Å². The van der Waals surface area contributed by atoms with Gasteiger partial charge in [0.05, 0.1) is 6.61 Å². The minimum atomic E-state index is 0. The minimum absolute atomic E-state index is 0. The zero-order valence-corrected chi connectivity index (χ0v) is 24.7. The summed E-state index contributed by atoms with van der Waals surface area (Å²) in [6.45, 7) is 11.1. The number of amides is 1. The van der Waals surface area contributed by atoms with E-state index in [1.54, 1.807) is 6.92 Å². The Balaban J connectivity index is 0.00000612. The van der Waals surface area contributed by atoms with Crippen molar-refractivity contribution in [2.24, 2.45) is 0 Å². The highest BCUT2D eigenvalue weighted by atomic mass is 127. The van der Waals surface area contributed by atoms with Crippen molar-refractivity contribution in [1.82, 2.24) is 4.90 Å². The van der Waals surface area contributed by atoms with E-state index < -0.39 is 0 Å². The molecule has 0 spiro atoms. The van der Waals surface area contributed by atoms with E-state index in [0.717, 1.165) is 30.9 Å². The van der Waals surface area contributed by atoms with Crippen molar-refractivity contribution in [2.45, 2.75) is 112 Å². The summed E-state index contributed by atoms with van der Waals surface area (Å²) in [4.78, 5) is 14.2. The molecule has 1 aromatic carbocycles. The van der Waals surface area contributed by atoms with Gasteiger partial charge >= 0.3 is 0 Å². The van der Waals surface area contributed by atoms with Crippen molar-refractivity contribution >= 4 is 5.91 Å². The molecule has 0 saturated carbocycles. The topological polar surface area (TPSA) is 33.4 Å². The lowest BCUT2D eigenvalue weighted by Crippen LogP contribution is -3.00. The molecular formula is C30H47IN2O2. The molecule has 196 valence electrons. The predicted octanol–water partition coefficient (Wildman–Crippen LogP) is 4.15. The van der Waals surface area contributed by atoms with Crippen LogP contribution in [0.25, 0.3) is 0 Å². The Morgan fingerprint density at radius 3 is 2.00 bits per heavy atom. The molecule has 5 heteroatoms.